The van der Waals surface area contributed by atoms with Gasteiger partial charge < -0.3 is 14.8 Å². The average molecular weight is 239 g/mol. The van der Waals surface area contributed by atoms with E-state index in [0.717, 1.165) is 12.8 Å². The van der Waals surface area contributed by atoms with E-state index >= 15 is 0 Å². The fraction of sp³-hybridized carbons (Fsp3) is 0.615. The Hall–Kier alpha value is -1.29. The Balaban J connectivity index is 2.55. The van der Waals surface area contributed by atoms with Gasteiger partial charge in [-0.05, 0) is 30.7 Å². The number of hydrogen-bond donors (Lipinski definition) is 2. The van der Waals surface area contributed by atoms with Crippen molar-refractivity contribution in [2.24, 2.45) is 5.41 Å². The molecule has 0 aliphatic carbocycles. The standard InChI is InChI=1S/C13H21NO3/c1-3-13(4-2,6-7-15)10-14-12(16)11-5-8-17-9-11/h5,8-9,15H,3-4,6-7,10H2,1-2H3,(H,14,16). The smallest absolute Gasteiger partial charge is 0.254 e. The molecule has 0 aromatic carbocycles. The lowest BCUT2D eigenvalue weighted by Crippen LogP contribution is -2.37. The van der Waals surface area contributed by atoms with Crippen molar-refractivity contribution in [2.45, 2.75) is 33.1 Å². The SMILES string of the molecule is CCC(CC)(CCO)CNC(=O)c1ccoc1. The lowest BCUT2D eigenvalue weighted by atomic mass is 9.79. The van der Waals surface area contributed by atoms with Crippen LogP contribution in [0.15, 0.2) is 23.0 Å². The van der Waals surface area contributed by atoms with Crippen molar-refractivity contribution in [1.82, 2.24) is 5.32 Å². The van der Waals surface area contributed by atoms with E-state index in [2.05, 4.69) is 19.2 Å². The zero-order chi connectivity index (χ0) is 12.7. The van der Waals surface area contributed by atoms with E-state index in [4.69, 9.17) is 9.52 Å². The molecule has 0 atom stereocenters. The molecule has 17 heavy (non-hydrogen) atoms. The number of nitrogens with one attached hydrogen (secondary N) is 1. The predicted octanol–water partition coefficient (Wildman–Crippen LogP) is 2.20. The summed E-state index contributed by atoms with van der Waals surface area (Å²) in [5.74, 6) is -0.122. The molecule has 0 aliphatic heterocycles. The van der Waals surface area contributed by atoms with Crippen LogP contribution in [0.1, 0.15) is 43.5 Å². The number of carbonyl (C=O) groups excluding carboxylic acids is 1. The van der Waals surface area contributed by atoms with Crippen LogP contribution in [0.25, 0.3) is 0 Å². The summed E-state index contributed by atoms with van der Waals surface area (Å²) in [7, 11) is 0. The third kappa shape index (κ3) is 3.60. The van der Waals surface area contributed by atoms with Crippen LogP contribution in [0, 0.1) is 5.41 Å². The Morgan fingerprint density at radius 3 is 2.65 bits per heavy atom. The summed E-state index contributed by atoms with van der Waals surface area (Å²) in [6, 6.07) is 1.64. The number of furan rings is 1. The highest BCUT2D eigenvalue weighted by Crippen LogP contribution is 2.29. The molecule has 2 N–H and O–H groups in total. The molecule has 0 spiro atoms. The van der Waals surface area contributed by atoms with E-state index in [1.807, 2.05) is 0 Å². The number of aliphatic hydroxyl groups excluding tert-OH is 1. The summed E-state index contributed by atoms with van der Waals surface area (Å²) in [6.07, 6.45) is 5.51. The number of carbonyl (C=O) groups is 1. The number of rotatable bonds is 7. The van der Waals surface area contributed by atoms with E-state index < -0.39 is 0 Å². The summed E-state index contributed by atoms with van der Waals surface area (Å²) in [4.78, 5) is 11.8. The Kier molecular flexibility index (Phi) is 5.22. The van der Waals surface area contributed by atoms with Crippen LogP contribution >= 0.6 is 0 Å². The Morgan fingerprint density at radius 1 is 1.47 bits per heavy atom. The van der Waals surface area contributed by atoms with E-state index in [9.17, 15) is 4.79 Å². The lowest BCUT2D eigenvalue weighted by Gasteiger charge is -2.31. The molecule has 1 amide bonds. The first-order chi connectivity index (χ1) is 8.17. The first-order valence-electron chi connectivity index (χ1n) is 6.08. The molecule has 1 heterocycles. The van der Waals surface area contributed by atoms with Crippen molar-refractivity contribution in [3.63, 3.8) is 0 Å². The summed E-state index contributed by atoms with van der Waals surface area (Å²) >= 11 is 0. The minimum absolute atomic E-state index is 0.00581. The topological polar surface area (TPSA) is 62.5 Å². The van der Waals surface area contributed by atoms with Gasteiger partial charge in [-0.25, -0.2) is 0 Å². The highest BCUT2D eigenvalue weighted by molar-refractivity contribution is 5.93. The highest BCUT2D eigenvalue weighted by atomic mass is 16.3. The van der Waals surface area contributed by atoms with Gasteiger partial charge in [-0.15, -0.1) is 0 Å². The molecular formula is C13H21NO3. The third-order valence-corrected chi connectivity index (χ3v) is 3.55. The van der Waals surface area contributed by atoms with Gasteiger partial charge in [0.1, 0.15) is 6.26 Å². The summed E-state index contributed by atoms with van der Waals surface area (Å²) < 4.78 is 4.87. The molecule has 0 aliphatic rings. The molecule has 0 radical (unpaired) electrons. The van der Waals surface area contributed by atoms with Gasteiger partial charge in [0.2, 0.25) is 0 Å². The fourth-order valence-electron chi connectivity index (χ4n) is 1.94. The average Bonchev–Trinajstić information content (AvgIpc) is 2.88. The molecule has 0 saturated heterocycles. The fourth-order valence-corrected chi connectivity index (χ4v) is 1.94. The van der Waals surface area contributed by atoms with Gasteiger partial charge in [-0.1, -0.05) is 13.8 Å². The van der Waals surface area contributed by atoms with Gasteiger partial charge in [-0.2, -0.15) is 0 Å². The molecule has 0 bridgehead atoms. The van der Waals surface area contributed by atoms with Crippen LogP contribution in [0.2, 0.25) is 0 Å². The largest absolute Gasteiger partial charge is 0.472 e. The van der Waals surface area contributed by atoms with E-state index in [1.165, 1.54) is 12.5 Å². The normalized spacial score (nSPS) is 11.5. The first kappa shape index (κ1) is 13.8. The Morgan fingerprint density at radius 2 is 2.18 bits per heavy atom. The summed E-state index contributed by atoms with van der Waals surface area (Å²) in [6.45, 7) is 4.92. The van der Waals surface area contributed by atoms with Crippen molar-refractivity contribution in [2.75, 3.05) is 13.2 Å². The minimum atomic E-state index is -0.122. The monoisotopic (exact) mass is 239 g/mol. The lowest BCUT2D eigenvalue weighted by molar-refractivity contribution is 0.0906. The highest BCUT2D eigenvalue weighted by Gasteiger charge is 2.26. The van der Waals surface area contributed by atoms with E-state index in [1.54, 1.807) is 6.07 Å². The number of hydrogen-bond acceptors (Lipinski definition) is 3. The second kappa shape index (κ2) is 6.45. The maximum Gasteiger partial charge on any atom is 0.254 e. The zero-order valence-electron chi connectivity index (χ0n) is 10.5. The third-order valence-electron chi connectivity index (χ3n) is 3.55. The zero-order valence-corrected chi connectivity index (χ0v) is 10.5. The molecule has 1 aromatic rings. The molecule has 4 nitrogen and oxygen atoms in total. The molecule has 0 saturated carbocycles. The van der Waals surface area contributed by atoms with Gasteiger partial charge >= 0.3 is 0 Å². The molecule has 1 aromatic heterocycles. The van der Waals surface area contributed by atoms with Crippen LogP contribution in [0.3, 0.4) is 0 Å². The predicted molar refractivity (Wildman–Crippen MR) is 65.8 cm³/mol. The van der Waals surface area contributed by atoms with Crippen LogP contribution in [0.4, 0.5) is 0 Å². The summed E-state index contributed by atoms with van der Waals surface area (Å²) in [5, 5.41) is 12.0. The van der Waals surface area contributed by atoms with Crippen LogP contribution < -0.4 is 5.32 Å². The van der Waals surface area contributed by atoms with Crippen molar-refractivity contribution in [3.05, 3.63) is 24.2 Å². The Bertz CT molecular complexity index is 328. The number of aliphatic hydroxyl groups is 1. The molecule has 4 heteroatoms. The Labute approximate surface area is 102 Å². The quantitative estimate of drug-likeness (QED) is 0.766. The molecular weight excluding hydrogens is 218 g/mol. The van der Waals surface area contributed by atoms with Gasteiger partial charge in [0.05, 0.1) is 11.8 Å². The number of amides is 1. The first-order valence-corrected chi connectivity index (χ1v) is 6.08. The molecule has 1 rings (SSSR count). The van der Waals surface area contributed by atoms with Crippen molar-refractivity contribution < 1.29 is 14.3 Å². The van der Waals surface area contributed by atoms with Crippen molar-refractivity contribution >= 4 is 5.91 Å². The maximum atomic E-state index is 11.8. The van der Waals surface area contributed by atoms with Gasteiger partial charge in [0, 0.05) is 13.2 Å². The molecule has 0 fully saturated rings. The van der Waals surface area contributed by atoms with E-state index in [-0.39, 0.29) is 17.9 Å². The molecule has 96 valence electrons. The van der Waals surface area contributed by atoms with Crippen molar-refractivity contribution in [3.8, 4) is 0 Å². The second-order valence-corrected chi connectivity index (χ2v) is 4.38. The van der Waals surface area contributed by atoms with Crippen molar-refractivity contribution in [1.29, 1.82) is 0 Å². The summed E-state index contributed by atoms with van der Waals surface area (Å²) in [5.41, 5.74) is 0.531. The minimum Gasteiger partial charge on any atom is -0.472 e. The van der Waals surface area contributed by atoms with Gasteiger partial charge in [-0.3, -0.25) is 4.79 Å². The van der Waals surface area contributed by atoms with Crippen LogP contribution in [-0.4, -0.2) is 24.2 Å². The maximum absolute atomic E-state index is 11.8. The van der Waals surface area contributed by atoms with Gasteiger partial charge in [0.15, 0.2) is 0 Å². The van der Waals surface area contributed by atoms with Gasteiger partial charge in [0.25, 0.3) is 5.91 Å². The molecule has 0 unspecified atom stereocenters. The second-order valence-electron chi connectivity index (χ2n) is 4.38. The van der Waals surface area contributed by atoms with Crippen LogP contribution in [-0.2, 0) is 0 Å². The van der Waals surface area contributed by atoms with Crippen LogP contribution in [0.5, 0.6) is 0 Å². The van der Waals surface area contributed by atoms with E-state index in [0.29, 0.717) is 18.5 Å².